The maximum absolute atomic E-state index is 12.9. The third kappa shape index (κ3) is 5.08. The van der Waals surface area contributed by atoms with Gasteiger partial charge in [-0.15, -0.1) is 0 Å². The lowest BCUT2D eigenvalue weighted by Crippen LogP contribution is -2.54. The summed E-state index contributed by atoms with van der Waals surface area (Å²) in [6, 6.07) is 2.05. The van der Waals surface area contributed by atoms with Crippen LogP contribution in [0.4, 0.5) is 0 Å². The average Bonchev–Trinajstić information content (AvgIpc) is 3.06. The highest BCUT2D eigenvalue weighted by Crippen LogP contribution is 2.20. The number of nitrogens with one attached hydrogen (secondary N) is 1. The van der Waals surface area contributed by atoms with Gasteiger partial charge in [0, 0.05) is 38.6 Å². The number of hydrogen-bond donors (Lipinski definition) is 1. The number of hydrogen-bond acceptors (Lipinski definition) is 3. The fourth-order valence-electron chi connectivity index (χ4n) is 3.56. The lowest BCUT2D eigenvalue weighted by atomic mass is 9.91. The Morgan fingerprint density at radius 3 is 2.58 bits per heavy atom. The van der Waals surface area contributed by atoms with Gasteiger partial charge in [0.2, 0.25) is 5.91 Å². The zero-order valence-corrected chi connectivity index (χ0v) is 15.5. The molecule has 1 aliphatic heterocycles. The Hall–Kier alpha value is -1.33. The first-order chi connectivity index (χ1) is 11.7. The number of nitrogens with zero attached hydrogens (tertiary/aromatic N) is 2. The summed E-state index contributed by atoms with van der Waals surface area (Å²) < 4.78 is 7.64. The first-order valence-corrected chi connectivity index (χ1v) is 9.43. The van der Waals surface area contributed by atoms with E-state index in [1.54, 1.807) is 0 Å². The number of amides is 1. The lowest BCUT2D eigenvalue weighted by molar-refractivity contribution is -0.131. The molecule has 5 heteroatoms. The molecule has 0 radical (unpaired) electrons. The highest BCUT2D eigenvalue weighted by molar-refractivity contribution is 5.82. The summed E-state index contributed by atoms with van der Waals surface area (Å²) in [5, 5.41) is 3.17. The van der Waals surface area contributed by atoms with Crippen molar-refractivity contribution in [1.82, 2.24) is 14.8 Å². The SMILES string of the molecule is CCCn1ccc(CNC(=O)C(C(CC)CC)N2CCOCC2)c1. The van der Waals surface area contributed by atoms with Crippen LogP contribution in [0.5, 0.6) is 0 Å². The molecule has 0 saturated carbocycles. The van der Waals surface area contributed by atoms with Gasteiger partial charge in [0.25, 0.3) is 0 Å². The van der Waals surface area contributed by atoms with Crippen LogP contribution in [-0.2, 0) is 22.6 Å². The number of morpholine rings is 1. The molecule has 1 aliphatic rings. The quantitative estimate of drug-likeness (QED) is 0.755. The Morgan fingerprint density at radius 1 is 1.25 bits per heavy atom. The minimum Gasteiger partial charge on any atom is -0.379 e. The van der Waals surface area contributed by atoms with Crippen LogP contribution in [0.3, 0.4) is 0 Å². The fraction of sp³-hybridized carbons (Fsp3) is 0.737. The molecule has 1 amide bonds. The molecule has 0 aromatic carbocycles. The van der Waals surface area contributed by atoms with Gasteiger partial charge >= 0.3 is 0 Å². The summed E-state index contributed by atoms with van der Waals surface area (Å²) in [5.41, 5.74) is 1.17. The van der Waals surface area contributed by atoms with E-state index in [9.17, 15) is 4.79 Å². The predicted octanol–water partition coefficient (Wildman–Crippen LogP) is 2.65. The molecular formula is C19H33N3O2. The summed E-state index contributed by atoms with van der Waals surface area (Å²) in [4.78, 5) is 15.2. The van der Waals surface area contributed by atoms with Crippen molar-refractivity contribution in [2.75, 3.05) is 26.3 Å². The molecule has 1 aromatic rings. The van der Waals surface area contributed by atoms with E-state index in [1.807, 2.05) is 0 Å². The van der Waals surface area contributed by atoms with E-state index in [-0.39, 0.29) is 11.9 Å². The molecule has 1 atom stereocenters. The van der Waals surface area contributed by atoms with Gasteiger partial charge in [-0.2, -0.15) is 0 Å². The topological polar surface area (TPSA) is 46.5 Å². The molecule has 2 rings (SSSR count). The van der Waals surface area contributed by atoms with Crippen molar-refractivity contribution >= 4 is 5.91 Å². The normalized spacial score (nSPS) is 17.2. The number of carbonyl (C=O) groups excluding carboxylic acids is 1. The summed E-state index contributed by atoms with van der Waals surface area (Å²) in [6.45, 7) is 11.3. The summed E-state index contributed by atoms with van der Waals surface area (Å²) in [7, 11) is 0. The average molecular weight is 335 g/mol. The van der Waals surface area contributed by atoms with E-state index in [4.69, 9.17) is 4.74 Å². The van der Waals surface area contributed by atoms with Crippen molar-refractivity contribution in [2.45, 2.75) is 59.2 Å². The molecule has 1 saturated heterocycles. The minimum atomic E-state index is -0.0402. The van der Waals surface area contributed by atoms with Crippen molar-refractivity contribution in [1.29, 1.82) is 0 Å². The van der Waals surface area contributed by atoms with Gasteiger partial charge in [-0.05, 0) is 24.0 Å². The summed E-state index contributed by atoms with van der Waals surface area (Å²) in [5.74, 6) is 0.557. The second-order valence-electron chi connectivity index (χ2n) is 6.65. The standard InChI is InChI=1S/C19H33N3O2/c1-4-8-21-9-7-16(15-21)14-20-19(23)18(17(5-2)6-3)22-10-12-24-13-11-22/h7,9,15,17-18H,4-6,8,10-14H2,1-3H3,(H,20,23). The lowest BCUT2D eigenvalue weighted by Gasteiger charge is -2.37. The number of ether oxygens (including phenoxy) is 1. The largest absolute Gasteiger partial charge is 0.379 e. The molecule has 136 valence electrons. The van der Waals surface area contributed by atoms with Gasteiger partial charge in [0.05, 0.1) is 19.3 Å². The van der Waals surface area contributed by atoms with Gasteiger partial charge in [-0.1, -0.05) is 33.6 Å². The molecule has 1 aromatic heterocycles. The molecule has 1 N–H and O–H groups in total. The Balaban J connectivity index is 1.97. The highest BCUT2D eigenvalue weighted by atomic mass is 16.5. The number of aromatic nitrogens is 1. The van der Waals surface area contributed by atoms with E-state index in [2.05, 4.69) is 54.0 Å². The monoisotopic (exact) mass is 335 g/mol. The first kappa shape index (κ1) is 19.0. The zero-order chi connectivity index (χ0) is 17.4. The Morgan fingerprint density at radius 2 is 1.96 bits per heavy atom. The third-order valence-corrected chi connectivity index (χ3v) is 4.96. The van der Waals surface area contributed by atoms with Gasteiger partial charge in [-0.3, -0.25) is 9.69 Å². The Kier molecular flexibility index (Phi) is 7.79. The van der Waals surface area contributed by atoms with Crippen LogP contribution in [-0.4, -0.2) is 47.7 Å². The van der Waals surface area contributed by atoms with Crippen molar-refractivity contribution in [3.63, 3.8) is 0 Å². The number of carbonyl (C=O) groups is 1. The molecule has 5 nitrogen and oxygen atoms in total. The van der Waals surface area contributed by atoms with Crippen LogP contribution in [0.15, 0.2) is 18.5 Å². The van der Waals surface area contributed by atoms with Crippen LogP contribution in [0.1, 0.15) is 45.6 Å². The Labute approximate surface area is 146 Å². The fourth-order valence-corrected chi connectivity index (χ4v) is 3.56. The molecule has 1 unspecified atom stereocenters. The smallest absolute Gasteiger partial charge is 0.237 e. The van der Waals surface area contributed by atoms with Crippen molar-refractivity contribution in [3.05, 3.63) is 24.0 Å². The van der Waals surface area contributed by atoms with Gasteiger partial charge < -0.3 is 14.6 Å². The summed E-state index contributed by atoms with van der Waals surface area (Å²) in [6.07, 6.45) is 7.39. The van der Waals surface area contributed by atoms with Gasteiger partial charge in [0.1, 0.15) is 0 Å². The van der Waals surface area contributed by atoms with Crippen LogP contribution >= 0.6 is 0 Å². The molecular weight excluding hydrogens is 302 g/mol. The van der Waals surface area contributed by atoms with Gasteiger partial charge in [-0.25, -0.2) is 0 Å². The molecule has 0 aliphatic carbocycles. The summed E-state index contributed by atoms with van der Waals surface area (Å²) >= 11 is 0. The second kappa shape index (κ2) is 9.84. The minimum absolute atomic E-state index is 0.0402. The van der Waals surface area contributed by atoms with Gasteiger partial charge in [0.15, 0.2) is 0 Å². The maximum atomic E-state index is 12.9. The molecule has 0 spiro atoms. The highest BCUT2D eigenvalue weighted by Gasteiger charge is 2.32. The van der Waals surface area contributed by atoms with E-state index in [1.165, 1.54) is 5.56 Å². The number of aryl methyl sites for hydroxylation is 1. The molecule has 1 fully saturated rings. The number of rotatable bonds is 9. The van der Waals surface area contributed by atoms with E-state index in [0.717, 1.165) is 52.1 Å². The van der Waals surface area contributed by atoms with Crippen LogP contribution < -0.4 is 5.32 Å². The molecule has 0 bridgehead atoms. The van der Waals surface area contributed by atoms with Crippen molar-refractivity contribution in [3.8, 4) is 0 Å². The van der Waals surface area contributed by atoms with E-state index < -0.39 is 0 Å². The second-order valence-corrected chi connectivity index (χ2v) is 6.65. The third-order valence-electron chi connectivity index (χ3n) is 4.96. The van der Waals surface area contributed by atoms with Crippen molar-refractivity contribution in [2.24, 2.45) is 5.92 Å². The van der Waals surface area contributed by atoms with E-state index >= 15 is 0 Å². The zero-order valence-electron chi connectivity index (χ0n) is 15.5. The predicted molar refractivity (Wildman–Crippen MR) is 96.8 cm³/mol. The first-order valence-electron chi connectivity index (χ1n) is 9.43. The van der Waals surface area contributed by atoms with Crippen molar-refractivity contribution < 1.29 is 9.53 Å². The van der Waals surface area contributed by atoms with Crippen LogP contribution in [0.25, 0.3) is 0 Å². The molecule has 2 heterocycles. The molecule has 24 heavy (non-hydrogen) atoms. The Bertz CT molecular complexity index is 491. The van der Waals surface area contributed by atoms with Crippen LogP contribution in [0.2, 0.25) is 0 Å². The van der Waals surface area contributed by atoms with E-state index in [0.29, 0.717) is 12.5 Å². The van der Waals surface area contributed by atoms with Crippen LogP contribution in [0, 0.1) is 5.92 Å². The maximum Gasteiger partial charge on any atom is 0.237 e.